The molecule has 98 valence electrons. The molecule has 0 spiro atoms. The predicted octanol–water partition coefficient (Wildman–Crippen LogP) is 2.21. The molecule has 0 saturated heterocycles. The average Bonchev–Trinajstić information content (AvgIpc) is 2.69. The number of hydrogen-bond donors (Lipinski definition) is 1. The number of nitrogen functional groups attached to an aromatic ring is 1. The van der Waals surface area contributed by atoms with Crippen LogP contribution in [0.25, 0.3) is 0 Å². The lowest BCUT2D eigenvalue weighted by Gasteiger charge is -2.07. The minimum absolute atomic E-state index is 0.397. The van der Waals surface area contributed by atoms with Gasteiger partial charge in [-0.3, -0.25) is 0 Å². The van der Waals surface area contributed by atoms with Crippen LogP contribution in [0, 0.1) is 11.3 Å². The van der Waals surface area contributed by atoms with Crippen molar-refractivity contribution in [3.63, 3.8) is 0 Å². The van der Waals surface area contributed by atoms with E-state index in [2.05, 4.69) is 27.1 Å². The van der Waals surface area contributed by atoms with Gasteiger partial charge in [0.2, 0.25) is 0 Å². The molecule has 1 aromatic carbocycles. The van der Waals surface area contributed by atoms with Crippen LogP contribution in [0.3, 0.4) is 0 Å². The number of nitrogens with two attached hydrogens (primary N) is 1. The lowest BCUT2D eigenvalue weighted by Crippen LogP contribution is -2.11. The summed E-state index contributed by atoms with van der Waals surface area (Å²) in [5.41, 5.74) is 7.47. The van der Waals surface area contributed by atoms with Gasteiger partial charge in [-0.25, -0.2) is 4.68 Å². The third-order valence-electron chi connectivity index (χ3n) is 2.75. The molecule has 2 N–H and O–H groups in total. The molecule has 19 heavy (non-hydrogen) atoms. The molecule has 0 aliphatic rings. The smallest absolute Gasteiger partial charge is 0.170 e. The first-order valence-electron chi connectivity index (χ1n) is 5.71. The molecule has 1 aromatic heterocycles. The zero-order valence-electron chi connectivity index (χ0n) is 10.8. The number of rotatable bonds is 3. The first-order valence-corrected chi connectivity index (χ1v) is 6.50. The minimum Gasteiger partial charge on any atom is -0.383 e. The second-order valence-corrected chi connectivity index (χ2v) is 5.29. The van der Waals surface area contributed by atoms with Gasteiger partial charge in [-0.15, -0.1) is 0 Å². The number of hydrogen-bond acceptors (Lipinski definition) is 4. The summed E-state index contributed by atoms with van der Waals surface area (Å²) in [4.78, 5) is 1.78. The molecular weight excluding hydrogens is 306 g/mol. The van der Waals surface area contributed by atoms with E-state index in [9.17, 15) is 0 Å². The lowest BCUT2D eigenvalue weighted by molar-refractivity contribution is 0.694. The summed E-state index contributed by atoms with van der Waals surface area (Å²) in [6, 6.07) is 10.0. The van der Waals surface area contributed by atoms with Gasteiger partial charge in [0, 0.05) is 18.6 Å². The molecule has 1 heterocycles. The largest absolute Gasteiger partial charge is 0.383 e. The summed E-state index contributed by atoms with van der Waals surface area (Å²) in [6.45, 7) is 0.543. The van der Waals surface area contributed by atoms with E-state index in [1.165, 1.54) is 0 Å². The van der Waals surface area contributed by atoms with Crippen molar-refractivity contribution in [2.24, 2.45) is 0 Å². The Bertz CT molecular complexity index is 622. The summed E-state index contributed by atoms with van der Waals surface area (Å²) >= 11 is 3.39. The maximum Gasteiger partial charge on any atom is 0.170 e. The Morgan fingerprint density at radius 3 is 2.47 bits per heavy atom. The van der Waals surface area contributed by atoms with E-state index in [4.69, 9.17) is 11.0 Å². The van der Waals surface area contributed by atoms with Crippen LogP contribution in [0.2, 0.25) is 0 Å². The Labute approximate surface area is 120 Å². The van der Waals surface area contributed by atoms with Crippen molar-refractivity contribution in [2.75, 3.05) is 24.7 Å². The van der Waals surface area contributed by atoms with Crippen molar-refractivity contribution in [1.82, 2.24) is 9.78 Å². The SMILES string of the molecule is CN(C)c1nn(Cc2ccc(Br)cc2)c(N)c1C#N. The van der Waals surface area contributed by atoms with E-state index >= 15 is 0 Å². The van der Waals surface area contributed by atoms with Crippen LogP contribution in [-0.4, -0.2) is 23.9 Å². The van der Waals surface area contributed by atoms with Crippen molar-refractivity contribution < 1.29 is 0 Å². The van der Waals surface area contributed by atoms with Gasteiger partial charge in [0.25, 0.3) is 0 Å². The van der Waals surface area contributed by atoms with E-state index in [1.807, 2.05) is 38.4 Å². The molecule has 0 amide bonds. The topological polar surface area (TPSA) is 70.9 Å². The van der Waals surface area contributed by atoms with Crippen LogP contribution in [0.5, 0.6) is 0 Å². The molecule has 0 saturated carbocycles. The molecule has 0 fully saturated rings. The Morgan fingerprint density at radius 1 is 1.37 bits per heavy atom. The highest BCUT2D eigenvalue weighted by atomic mass is 79.9. The minimum atomic E-state index is 0.397. The Hall–Kier alpha value is -2.00. The Balaban J connectivity index is 2.36. The first kappa shape index (κ1) is 13.4. The standard InChI is InChI=1S/C13H14BrN5/c1-18(2)13-11(7-15)12(16)19(17-13)8-9-3-5-10(14)6-4-9/h3-6H,8,16H2,1-2H3. The molecule has 2 rings (SSSR count). The predicted molar refractivity (Wildman–Crippen MR) is 78.9 cm³/mol. The molecule has 0 atom stereocenters. The van der Waals surface area contributed by atoms with E-state index in [-0.39, 0.29) is 0 Å². The van der Waals surface area contributed by atoms with Gasteiger partial charge in [0.05, 0.1) is 6.54 Å². The third kappa shape index (κ3) is 2.71. The van der Waals surface area contributed by atoms with Crippen LogP contribution in [0.1, 0.15) is 11.1 Å². The molecule has 0 aliphatic carbocycles. The molecule has 0 radical (unpaired) electrons. The van der Waals surface area contributed by atoms with E-state index in [1.54, 1.807) is 9.58 Å². The second kappa shape index (κ2) is 5.33. The monoisotopic (exact) mass is 319 g/mol. The van der Waals surface area contributed by atoms with Crippen molar-refractivity contribution in [3.05, 3.63) is 39.9 Å². The third-order valence-corrected chi connectivity index (χ3v) is 3.28. The summed E-state index contributed by atoms with van der Waals surface area (Å²) in [6.07, 6.45) is 0. The molecule has 0 bridgehead atoms. The van der Waals surface area contributed by atoms with Crippen LogP contribution < -0.4 is 10.6 Å². The Morgan fingerprint density at radius 2 is 2.00 bits per heavy atom. The van der Waals surface area contributed by atoms with Crippen LogP contribution >= 0.6 is 15.9 Å². The van der Waals surface area contributed by atoms with Gasteiger partial charge in [-0.2, -0.15) is 10.4 Å². The lowest BCUT2D eigenvalue weighted by atomic mass is 10.2. The zero-order valence-corrected chi connectivity index (χ0v) is 12.3. The summed E-state index contributed by atoms with van der Waals surface area (Å²) in [7, 11) is 3.68. The molecule has 0 aliphatic heterocycles. The number of aromatic nitrogens is 2. The number of benzene rings is 1. The van der Waals surface area contributed by atoms with Gasteiger partial charge >= 0.3 is 0 Å². The van der Waals surface area contributed by atoms with Crippen molar-refractivity contribution >= 4 is 27.6 Å². The van der Waals surface area contributed by atoms with Crippen LogP contribution in [-0.2, 0) is 6.54 Å². The van der Waals surface area contributed by atoms with Gasteiger partial charge in [0.15, 0.2) is 5.82 Å². The molecular formula is C13H14BrN5. The molecule has 2 aromatic rings. The highest BCUT2D eigenvalue weighted by molar-refractivity contribution is 9.10. The highest BCUT2D eigenvalue weighted by Crippen LogP contribution is 2.23. The second-order valence-electron chi connectivity index (χ2n) is 4.37. The zero-order chi connectivity index (χ0) is 14.0. The maximum absolute atomic E-state index is 9.15. The maximum atomic E-state index is 9.15. The van der Waals surface area contributed by atoms with E-state index in [0.29, 0.717) is 23.7 Å². The molecule has 0 unspecified atom stereocenters. The number of nitrogens with zero attached hydrogens (tertiary/aromatic N) is 4. The van der Waals surface area contributed by atoms with E-state index < -0.39 is 0 Å². The van der Waals surface area contributed by atoms with Crippen molar-refractivity contribution in [1.29, 1.82) is 5.26 Å². The summed E-state index contributed by atoms with van der Waals surface area (Å²) in [5, 5.41) is 13.5. The summed E-state index contributed by atoms with van der Waals surface area (Å²) < 4.78 is 2.67. The van der Waals surface area contributed by atoms with Gasteiger partial charge in [0.1, 0.15) is 17.5 Å². The normalized spacial score (nSPS) is 10.2. The number of anilines is 2. The first-order chi connectivity index (χ1) is 9.02. The molecule has 6 heteroatoms. The fourth-order valence-corrected chi connectivity index (χ4v) is 2.03. The highest BCUT2D eigenvalue weighted by Gasteiger charge is 2.16. The van der Waals surface area contributed by atoms with Gasteiger partial charge in [-0.1, -0.05) is 28.1 Å². The molecule has 5 nitrogen and oxygen atoms in total. The fourth-order valence-electron chi connectivity index (χ4n) is 1.77. The number of nitriles is 1. The van der Waals surface area contributed by atoms with E-state index in [0.717, 1.165) is 10.0 Å². The number of halogens is 1. The van der Waals surface area contributed by atoms with Gasteiger partial charge < -0.3 is 10.6 Å². The quantitative estimate of drug-likeness (QED) is 0.941. The van der Waals surface area contributed by atoms with Crippen LogP contribution in [0.15, 0.2) is 28.7 Å². The van der Waals surface area contributed by atoms with Crippen LogP contribution in [0.4, 0.5) is 11.6 Å². The average molecular weight is 320 g/mol. The van der Waals surface area contributed by atoms with Crippen molar-refractivity contribution in [2.45, 2.75) is 6.54 Å². The Kier molecular flexibility index (Phi) is 3.76. The van der Waals surface area contributed by atoms with Crippen molar-refractivity contribution in [3.8, 4) is 6.07 Å². The summed E-state index contributed by atoms with van der Waals surface area (Å²) in [5.74, 6) is 0.992. The van der Waals surface area contributed by atoms with Gasteiger partial charge in [-0.05, 0) is 17.7 Å². The fraction of sp³-hybridized carbons (Fsp3) is 0.231.